The van der Waals surface area contributed by atoms with Crippen LogP contribution in [-0.4, -0.2) is 58.0 Å². The van der Waals surface area contributed by atoms with Crippen LogP contribution in [0.4, 0.5) is 4.39 Å². The maximum absolute atomic E-state index is 13.3. The van der Waals surface area contributed by atoms with E-state index < -0.39 is 15.8 Å². The molecule has 2 aromatic carbocycles. The van der Waals surface area contributed by atoms with Crippen LogP contribution >= 0.6 is 0 Å². The van der Waals surface area contributed by atoms with Crippen molar-refractivity contribution in [2.45, 2.75) is 12.3 Å². The standard InChI is InChI=1S/C20H25FN2O4S/c1-26-19-6-7-20(27-2)17(13-19)14-22-8-10-23(11-9-22)28(24,25)15-16-4-3-5-18(21)12-16/h3-7,12-13H,8-11,14-15H2,1-2H3. The molecule has 152 valence electrons. The van der Waals surface area contributed by atoms with Gasteiger partial charge in [-0.3, -0.25) is 4.90 Å². The van der Waals surface area contributed by atoms with E-state index in [1.54, 1.807) is 20.3 Å². The summed E-state index contributed by atoms with van der Waals surface area (Å²) in [6.07, 6.45) is 0. The number of benzene rings is 2. The van der Waals surface area contributed by atoms with Crippen LogP contribution in [0.3, 0.4) is 0 Å². The summed E-state index contributed by atoms with van der Waals surface area (Å²) in [7, 11) is -0.232. The molecular weight excluding hydrogens is 383 g/mol. The molecule has 0 aliphatic carbocycles. The maximum Gasteiger partial charge on any atom is 0.218 e. The molecule has 6 nitrogen and oxygen atoms in total. The summed E-state index contributed by atoms with van der Waals surface area (Å²) in [5.74, 6) is 0.924. The van der Waals surface area contributed by atoms with Gasteiger partial charge in [-0.15, -0.1) is 0 Å². The van der Waals surface area contributed by atoms with Gasteiger partial charge in [0.25, 0.3) is 0 Å². The summed E-state index contributed by atoms with van der Waals surface area (Å²) in [4.78, 5) is 2.19. The van der Waals surface area contributed by atoms with Crippen molar-refractivity contribution >= 4 is 10.0 Å². The molecule has 1 fully saturated rings. The summed E-state index contributed by atoms with van der Waals surface area (Å²) < 4.78 is 50.8. The lowest BCUT2D eigenvalue weighted by Gasteiger charge is -2.34. The molecule has 1 aliphatic rings. The lowest BCUT2D eigenvalue weighted by atomic mass is 10.1. The topological polar surface area (TPSA) is 59.1 Å². The first-order valence-electron chi connectivity index (χ1n) is 9.07. The van der Waals surface area contributed by atoms with Crippen molar-refractivity contribution in [1.29, 1.82) is 0 Å². The van der Waals surface area contributed by atoms with Crippen LogP contribution in [0.5, 0.6) is 11.5 Å². The summed E-state index contributed by atoms with van der Waals surface area (Å²) >= 11 is 0. The number of hydrogen-bond acceptors (Lipinski definition) is 5. The first-order valence-corrected chi connectivity index (χ1v) is 10.7. The van der Waals surface area contributed by atoms with E-state index in [0.717, 1.165) is 17.1 Å². The van der Waals surface area contributed by atoms with Crippen molar-refractivity contribution < 1.29 is 22.3 Å². The zero-order valence-corrected chi connectivity index (χ0v) is 16.9. The van der Waals surface area contributed by atoms with Gasteiger partial charge in [-0.1, -0.05) is 12.1 Å². The second-order valence-electron chi connectivity index (χ2n) is 6.74. The Kier molecular flexibility index (Phi) is 6.53. The molecule has 2 aromatic rings. The third kappa shape index (κ3) is 5.01. The van der Waals surface area contributed by atoms with Crippen molar-refractivity contribution in [1.82, 2.24) is 9.21 Å². The number of rotatable bonds is 7. The maximum atomic E-state index is 13.3. The quantitative estimate of drug-likeness (QED) is 0.705. The number of ether oxygens (including phenoxy) is 2. The molecule has 1 saturated heterocycles. The predicted octanol–water partition coefficient (Wildman–Crippen LogP) is 2.49. The Morgan fingerprint density at radius 2 is 1.75 bits per heavy atom. The minimum Gasteiger partial charge on any atom is -0.497 e. The fourth-order valence-corrected chi connectivity index (χ4v) is 4.84. The number of methoxy groups -OCH3 is 2. The summed E-state index contributed by atoms with van der Waals surface area (Å²) in [6, 6.07) is 11.4. The van der Waals surface area contributed by atoms with Crippen LogP contribution in [0.2, 0.25) is 0 Å². The van der Waals surface area contributed by atoms with E-state index in [2.05, 4.69) is 4.90 Å². The highest BCUT2D eigenvalue weighted by Gasteiger charge is 2.27. The second kappa shape index (κ2) is 8.89. The third-order valence-corrected chi connectivity index (χ3v) is 6.69. The van der Waals surface area contributed by atoms with Gasteiger partial charge in [-0.05, 0) is 35.9 Å². The second-order valence-corrected chi connectivity index (χ2v) is 8.71. The molecule has 8 heteroatoms. The highest BCUT2D eigenvalue weighted by atomic mass is 32.2. The Bertz CT molecular complexity index is 912. The zero-order valence-electron chi connectivity index (χ0n) is 16.1. The van der Waals surface area contributed by atoms with Crippen LogP contribution in [0, 0.1) is 5.82 Å². The number of nitrogens with zero attached hydrogens (tertiary/aromatic N) is 2. The van der Waals surface area contributed by atoms with E-state index in [0.29, 0.717) is 38.3 Å². The van der Waals surface area contributed by atoms with Gasteiger partial charge < -0.3 is 9.47 Å². The fourth-order valence-electron chi connectivity index (χ4n) is 3.34. The van der Waals surface area contributed by atoms with Gasteiger partial charge in [0.2, 0.25) is 10.0 Å². The third-order valence-electron chi connectivity index (χ3n) is 4.84. The Morgan fingerprint density at radius 3 is 2.39 bits per heavy atom. The molecule has 0 amide bonds. The first kappa shape index (κ1) is 20.6. The average Bonchev–Trinajstić information content (AvgIpc) is 2.68. The molecule has 1 heterocycles. The molecule has 0 aromatic heterocycles. The lowest BCUT2D eigenvalue weighted by molar-refractivity contribution is 0.179. The summed E-state index contributed by atoms with van der Waals surface area (Å²) in [5.41, 5.74) is 1.46. The van der Waals surface area contributed by atoms with E-state index in [9.17, 15) is 12.8 Å². The average molecular weight is 408 g/mol. The molecule has 0 spiro atoms. The van der Waals surface area contributed by atoms with Crippen molar-refractivity contribution in [3.63, 3.8) is 0 Å². The molecule has 1 aliphatic heterocycles. The molecular formula is C20H25FN2O4S. The predicted molar refractivity (Wildman–Crippen MR) is 105 cm³/mol. The van der Waals surface area contributed by atoms with Crippen LogP contribution in [0.25, 0.3) is 0 Å². The Morgan fingerprint density at radius 1 is 1.00 bits per heavy atom. The Hall–Kier alpha value is -2.16. The molecule has 0 bridgehead atoms. The normalized spacial score (nSPS) is 16.1. The number of piperazine rings is 1. The van der Waals surface area contributed by atoms with Crippen molar-refractivity contribution in [3.05, 3.63) is 59.4 Å². The SMILES string of the molecule is COc1ccc(OC)c(CN2CCN(S(=O)(=O)Cc3cccc(F)c3)CC2)c1. The van der Waals surface area contributed by atoms with Crippen LogP contribution in [0.15, 0.2) is 42.5 Å². The van der Waals surface area contributed by atoms with Crippen LogP contribution in [-0.2, 0) is 22.3 Å². The minimum absolute atomic E-state index is 0.186. The molecule has 28 heavy (non-hydrogen) atoms. The fraction of sp³-hybridized carbons (Fsp3) is 0.400. The molecule has 0 N–H and O–H groups in total. The molecule has 0 saturated carbocycles. The Labute approximate surface area is 165 Å². The van der Waals surface area contributed by atoms with E-state index in [1.807, 2.05) is 18.2 Å². The molecule has 0 unspecified atom stereocenters. The van der Waals surface area contributed by atoms with E-state index >= 15 is 0 Å². The molecule has 0 radical (unpaired) electrons. The van der Waals surface area contributed by atoms with Crippen LogP contribution < -0.4 is 9.47 Å². The zero-order chi connectivity index (χ0) is 20.1. The molecule has 3 rings (SSSR count). The van der Waals surface area contributed by atoms with Crippen molar-refractivity contribution in [3.8, 4) is 11.5 Å². The van der Waals surface area contributed by atoms with E-state index in [4.69, 9.17) is 9.47 Å². The smallest absolute Gasteiger partial charge is 0.218 e. The highest BCUT2D eigenvalue weighted by Crippen LogP contribution is 2.26. The van der Waals surface area contributed by atoms with Crippen LogP contribution in [0.1, 0.15) is 11.1 Å². The summed E-state index contributed by atoms with van der Waals surface area (Å²) in [6.45, 7) is 2.69. The van der Waals surface area contributed by atoms with Gasteiger partial charge in [-0.25, -0.2) is 12.8 Å². The minimum atomic E-state index is -3.48. The van der Waals surface area contributed by atoms with Gasteiger partial charge in [0.05, 0.1) is 20.0 Å². The van der Waals surface area contributed by atoms with Crippen molar-refractivity contribution in [2.24, 2.45) is 0 Å². The van der Waals surface area contributed by atoms with Gasteiger partial charge in [0.15, 0.2) is 0 Å². The first-order chi connectivity index (χ1) is 13.4. The largest absolute Gasteiger partial charge is 0.497 e. The number of sulfonamides is 1. The summed E-state index contributed by atoms with van der Waals surface area (Å²) in [5, 5.41) is 0. The van der Waals surface area contributed by atoms with Gasteiger partial charge >= 0.3 is 0 Å². The van der Waals surface area contributed by atoms with Crippen molar-refractivity contribution in [2.75, 3.05) is 40.4 Å². The van der Waals surface area contributed by atoms with E-state index in [-0.39, 0.29) is 5.75 Å². The van der Waals surface area contributed by atoms with Gasteiger partial charge in [-0.2, -0.15) is 4.31 Å². The Balaban J connectivity index is 1.61. The highest BCUT2D eigenvalue weighted by molar-refractivity contribution is 7.88. The number of hydrogen-bond donors (Lipinski definition) is 0. The molecule has 0 atom stereocenters. The van der Waals surface area contributed by atoms with Gasteiger partial charge in [0, 0.05) is 38.3 Å². The lowest BCUT2D eigenvalue weighted by Crippen LogP contribution is -2.48. The monoisotopic (exact) mass is 408 g/mol. The van der Waals surface area contributed by atoms with E-state index in [1.165, 1.54) is 22.5 Å². The number of halogens is 1. The van der Waals surface area contributed by atoms with Gasteiger partial charge in [0.1, 0.15) is 17.3 Å².